The van der Waals surface area contributed by atoms with E-state index in [2.05, 4.69) is 0 Å². The minimum absolute atomic E-state index is 0.0484. The molecule has 0 radical (unpaired) electrons. The molecule has 17 heavy (non-hydrogen) atoms. The number of hydrogen-bond donors (Lipinski definition) is 2. The molecule has 0 unspecified atom stereocenters. The van der Waals surface area contributed by atoms with Gasteiger partial charge in [-0.3, -0.25) is 0 Å². The van der Waals surface area contributed by atoms with Gasteiger partial charge in [-0.05, 0) is 39.3 Å². The first-order chi connectivity index (χ1) is 7.79. The van der Waals surface area contributed by atoms with Gasteiger partial charge in [0.05, 0.1) is 12.2 Å². The van der Waals surface area contributed by atoms with Crippen LogP contribution < -0.4 is 10.5 Å². The second-order valence-electron chi connectivity index (χ2n) is 5.24. The lowest BCUT2D eigenvalue weighted by molar-refractivity contribution is 0.0551. The van der Waals surface area contributed by atoms with E-state index in [0.29, 0.717) is 13.0 Å². The highest BCUT2D eigenvalue weighted by molar-refractivity contribution is 5.38. The van der Waals surface area contributed by atoms with Crippen LogP contribution in [0.3, 0.4) is 0 Å². The third kappa shape index (κ3) is 4.75. The normalized spacial score (nSPS) is 13.5. The summed E-state index contributed by atoms with van der Waals surface area (Å²) in [4.78, 5) is 0. The molecule has 0 aliphatic carbocycles. The summed E-state index contributed by atoms with van der Waals surface area (Å²) in [6.07, 6.45) is 0.597. The van der Waals surface area contributed by atoms with Crippen molar-refractivity contribution in [1.82, 2.24) is 0 Å². The molecule has 0 heterocycles. The van der Waals surface area contributed by atoms with Crippen molar-refractivity contribution in [1.29, 1.82) is 0 Å². The molecule has 1 aromatic rings. The van der Waals surface area contributed by atoms with Gasteiger partial charge >= 0.3 is 0 Å². The molecule has 0 spiro atoms. The van der Waals surface area contributed by atoms with E-state index >= 15 is 0 Å². The SMILES string of the molecule is Cc1ccc([C@H](C)N)c(OCCC(C)(C)O)c1. The standard InChI is InChI=1S/C14H23NO2/c1-10-5-6-12(11(2)15)13(9-10)17-8-7-14(3,4)16/h5-6,9,11,16H,7-8,15H2,1-4H3/t11-/m0/s1. The third-order valence-corrected chi connectivity index (χ3v) is 2.63. The molecule has 3 N–H and O–H groups in total. The van der Waals surface area contributed by atoms with E-state index in [4.69, 9.17) is 10.5 Å². The summed E-state index contributed by atoms with van der Waals surface area (Å²) in [5.74, 6) is 0.823. The van der Waals surface area contributed by atoms with Crippen molar-refractivity contribution in [2.75, 3.05) is 6.61 Å². The monoisotopic (exact) mass is 237 g/mol. The van der Waals surface area contributed by atoms with Crippen molar-refractivity contribution < 1.29 is 9.84 Å². The van der Waals surface area contributed by atoms with E-state index in [1.165, 1.54) is 0 Å². The molecule has 1 atom stereocenters. The quantitative estimate of drug-likeness (QED) is 0.827. The van der Waals surface area contributed by atoms with Crippen LogP contribution in [0.1, 0.15) is 44.4 Å². The predicted octanol–water partition coefficient (Wildman–Crippen LogP) is 2.55. The van der Waals surface area contributed by atoms with Gasteiger partial charge in [0.15, 0.2) is 0 Å². The zero-order valence-corrected chi connectivity index (χ0v) is 11.2. The molecule has 0 aliphatic rings. The van der Waals surface area contributed by atoms with Crippen LogP contribution in [-0.4, -0.2) is 17.3 Å². The van der Waals surface area contributed by atoms with Gasteiger partial charge in [-0.15, -0.1) is 0 Å². The average molecular weight is 237 g/mol. The van der Waals surface area contributed by atoms with Gasteiger partial charge in [-0.1, -0.05) is 12.1 Å². The van der Waals surface area contributed by atoms with E-state index in [-0.39, 0.29) is 6.04 Å². The molecule has 3 nitrogen and oxygen atoms in total. The second kappa shape index (κ2) is 5.52. The van der Waals surface area contributed by atoms with Crippen LogP contribution in [0.25, 0.3) is 0 Å². The van der Waals surface area contributed by atoms with Gasteiger partial charge in [0.1, 0.15) is 5.75 Å². The minimum atomic E-state index is -0.696. The molecule has 0 bridgehead atoms. The maximum atomic E-state index is 9.62. The van der Waals surface area contributed by atoms with Crippen LogP contribution in [0.2, 0.25) is 0 Å². The maximum absolute atomic E-state index is 9.62. The Labute approximate surface area is 104 Å². The molecule has 1 aromatic carbocycles. The molecule has 1 rings (SSSR count). The zero-order valence-electron chi connectivity index (χ0n) is 11.2. The van der Waals surface area contributed by atoms with E-state index in [9.17, 15) is 5.11 Å². The maximum Gasteiger partial charge on any atom is 0.124 e. The Hall–Kier alpha value is -1.06. The summed E-state index contributed by atoms with van der Waals surface area (Å²) in [7, 11) is 0. The van der Waals surface area contributed by atoms with Crippen LogP contribution in [0.5, 0.6) is 5.75 Å². The van der Waals surface area contributed by atoms with Gasteiger partial charge in [-0.2, -0.15) is 0 Å². The Morgan fingerprint density at radius 3 is 2.59 bits per heavy atom. The molecule has 3 heteroatoms. The van der Waals surface area contributed by atoms with Crippen molar-refractivity contribution in [3.8, 4) is 5.75 Å². The fraction of sp³-hybridized carbons (Fsp3) is 0.571. The fourth-order valence-electron chi connectivity index (χ4n) is 1.55. The Balaban J connectivity index is 2.72. The molecule has 96 valence electrons. The van der Waals surface area contributed by atoms with Crippen molar-refractivity contribution in [3.05, 3.63) is 29.3 Å². The Morgan fingerprint density at radius 1 is 1.41 bits per heavy atom. The summed E-state index contributed by atoms with van der Waals surface area (Å²) in [5.41, 5.74) is 7.35. The minimum Gasteiger partial charge on any atom is -0.493 e. The summed E-state index contributed by atoms with van der Waals surface area (Å²) >= 11 is 0. The smallest absolute Gasteiger partial charge is 0.124 e. The van der Waals surface area contributed by atoms with E-state index in [1.54, 1.807) is 13.8 Å². The number of aliphatic hydroxyl groups is 1. The molecule has 0 aliphatic heterocycles. The summed E-state index contributed by atoms with van der Waals surface area (Å²) in [5, 5.41) is 9.62. The van der Waals surface area contributed by atoms with E-state index in [0.717, 1.165) is 16.9 Å². The van der Waals surface area contributed by atoms with Crippen LogP contribution in [-0.2, 0) is 0 Å². The lowest BCUT2D eigenvalue weighted by Gasteiger charge is -2.19. The lowest BCUT2D eigenvalue weighted by atomic mass is 10.1. The highest BCUT2D eigenvalue weighted by Gasteiger charge is 2.14. The molecule has 0 fully saturated rings. The molecule has 0 saturated carbocycles. The highest BCUT2D eigenvalue weighted by Crippen LogP contribution is 2.25. The topological polar surface area (TPSA) is 55.5 Å². The molecule has 0 aromatic heterocycles. The zero-order chi connectivity index (χ0) is 13.1. The van der Waals surface area contributed by atoms with Gasteiger partial charge < -0.3 is 15.6 Å². The second-order valence-corrected chi connectivity index (χ2v) is 5.24. The summed E-state index contributed by atoms with van der Waals surface area (Å²) < 4.78 is 5.72. The molecule has 0 saturated heterocycles. The lowest BCUT2D eigenvalue weighted by Crippen LogP contribution is -2.22. The highest BCUT2D eigenvalue weighted by atomic mass is 16.5. The Bertz CT molecular complexity index is 367. The van der Waals surface area contributed by atoms with Crippen LogP contribution in [0.4, 0.5) is 0 Å². The van der Waals surface area contributed by atoms with Gasteiger partial charge in [-0.25, -0.2) is 0 Å². The van der Waals surface area contributed by atoms with Crippen molar-refractivity contribution in [2.45, 2.75) is 45.8 Å². The Kier molecular flexibility index (Phi) is 4.54. The van der Waals surface area contributed by atoms with Crippen LogP contribution in [0, 0.1) is 6.92 Å². The van der Waals surface area contributed by atoms with Crippen LogP contribution >= 0.6 is 0 Å². The fourth-order valence-corrected chi connectivity index (χ4v) is 1.55. The number of hydrogen-bond acceptors (Lipinski definition) is 3. The van der Waals surface area contributed by atoms with Crippen molar-refractivity contribution in [2.24, 2.45) is 5.73 Å². The number of nitrogens with two attached hydrogens (primary N) is 1. The number of aryl methyl sites for hydroxylation is 1. The van der Waals surface area contributed by atoms with Gasteiger partial charge in [0.25, 0.3) is 0 Å². The van der Waals surface area contributed by atoms with Gasteiger partial charge in [0.2, 0.25) is 0 Å². The first-order valence-corrected chi connectivity index (χ1v) is 6.01. The van der Waals surface area contributed by atoms with Gasteiger partial charge in [0, 0.05) is 18.0 Å². The van der Waals surface area contributed by atoms with Crippen molar-refractivity contribution >= 4 is 0 Å². The predicted molar refractivity (Wildman–Crippen MR) is 70.2 cm³/mol. The van der Waals surface area contributed by atoms with E-state index in [1.807, 2.05) is 32.0 Å². The van der Waals surface area contributed by atoms with Crippen molar-refractivity contribution in [3.63, 3.8) is 0 Å². The number of benzene rings is 1. The average Bonchev–Trinajstić information content (AvgIpc) is 2.15. The van der Waals surface area contributed by atoms with Crippen LogP contribution in [0.15, 0.2) is 18.2 Å². The number of ether oxygens (including phenoxy) is 1. The Morgan fingerprint density at radius 2 is 2.06 bits per heavy atom. The number of rotatable bonds is 5. The largest absolute Gasteiger partial charge is 0.493 e. The summed E-state index contributed by atoms with van der Waals surface area (Å²) in [6, 6.07) is 5.97. The first kappa shape index (κ1) is 14.0. The molecular weight excluding hydrogens is 214 g/mol. The molecular formula is C14H23NO2. The molecule has 0 amide bonds. The summed E-state index contributed by atoms with van der Waals surface area (Å²) in [6.45, 7) is 8.01. The first-order valence-electron chi connectivity index (χ1n) is 6.01. The van der Waals surface area contributed by atoms with E-state index < -0.39 is 5.60 Å². The third-order valence-electron chi connectivity index (χ3n) is 2.63.